The Morgan fingerprint density at radius 3 is 1.19 bits per heavy atom. The highest BCUT2D eigenvalue weighted by Crippen LogP contribution is 2.38. The van der Waals surface area contributed by atoms with Crippen molar-refractivity contribution in [2.45, 2.75) is 264 Å². The van der Waals surface area contributed by atoms with Crippen LogP contribution in [-0.2, 0) is 18.4 Å². The van der Waals surface area contributed by atoms with Crippen molar-refractivity contribution >= 4 is 13.7 Å². The molecule has 0 spiro atoms. The zero-order chi connectivity index (χ0) is 42.1. The Bertz CT molecular complexity index is 901. The number of rotatable bonds is 46. The van der Waals surface area contributed by atoms with Gasteiger partial charge in [0.2, 0.25) is 5.91 Å². The van der Waals surface area contributed by atoms with E-state index >= 15 is 0 Å². The van der Waals surface area contributed by atoms with E-state index in [0.717, 1.165) is 38.5 Å². The highest BCUT2D eigenvalue weighted by atomic mass is 31.2. The number of carbonyl (C=O) groups is 1. The fraction of sp³-hybridized carbons (Fsp3) is 0.979. The molecule has 0 saturated heterocycles. The second-order valence-corrected chi connectivity index (χ2v) is 19.9. The molecule has 0 aliphatic rings. The van der Waals surface area contributed by atoms with Gasteiger partial charge in [0.1, 0.15) is 13.2 Å². The SMILES string of the molecule is CCCCCCCCCCCCCCCCCCCCCCC(=O)N[C@@H](COP(=O)([O-])OCC[N+](C)(C)C)[C@H](O)CCCCCCCCCCCCCCCCC. The molecule has 8 nitrogen and oxygen atoms in total. The van der Waals surface area contributed by atoms with Gasteiger partial charge in [-0.25, -0.2) is 0 Å². The van der Waals surface area contributed by atoms with E-state index in [1.807, 2.05) is 21.1 Å². The molecule has 2 N–H and O–H groups in total. The number of quaternary nitrogens is 1. The average molecular weight is 831 g/mol. The lowest BCUT2D eigenvalue weighted by atomic mass is 10.0. The lowest BCUT2D eigenvalue weighted by molar-refractivity contribution is -0.870. The number of hydrogen-bond donors (Lipinski definition) is 2. The minimum absolute atomic E-state index is 0.0163. The van der Waals surface area contributed by atoms with E-state index in [1.54, 1.807) is 0 Å². The number of unbranched alkanes of at least 4 members (excludes halogenated alkanes) is 33. The predicted octanol–water partition coefficient (Wildman–Crippen LogP) is 13.5. The third-order valence-electron chi connectivity index (χ3n) is 11.6. The summed E-state index contributed by atoms with van der Waals surface area (Å²) < 4.78 is 23.3. The van der Waals surface area contributed by atoms with Crippen molar-refractivity contribution in [1.82, 2.24) is 5.32 Å². The van der Waals surface area contributed by atoms with E-state index in [9.17, 15) is 19.4 Å². The molecule has 0 aromatic heterocycles. The van der Waals surface area contributed by atoms with Gasteiger partial charge in [-0.1, -0.05) is 232 Å². The Morgan fingerprint density at radius 1 is 0.544 bits per heavy atom. The third kappa shape index (κ3) is 43.4. The number of likely N-dealkylation sites (N-methyl/N-ethyl adjacent to an activating group) is 1. The molecular weight excluding hydrogens is 732 g/mol. The van der Waals surface area contributed by atoms with Crippen molar-refractivity contribution in [3.8, 4) is 0 Å². The molecule has 0 aliphatic heterocycles. The van der Waals surface area contributed by atoms with E-state index in [4.69, 9.17) is 9.05 Å². The van der Waals surface area contributed by atoms with Crippen molar-refractivity contribution in [3.63, 3.8) is 0 Å². The number of aliphatic hydroxyl groups is 1. The highest BCUT2D eigenvalue weighted by molar-refractivity contribution is 7.45. The molecule has 1 unspecified atom stereocenters. The first kappa shape index (κ1) is 56.5. The molecule has 0 saturated carbocycles. The van der Waals surface area contributed by atoms with Gasteiger partial charge in [0.25, 0.3) is 7.82 Å². The summed E-state index contributed by atoms with van der Waals surface area (Å²) in [5, 5.41) is 14.0. The van der Waals surface area contributed by atoms with Crippen molar-refractivity contribution in [2.75, 3.05) is 40.9 Å². The summed E-state index contributed by atoms with van der Waals surface area (Å²) in [6, 6.07) is -0.793. The van der Waals surface area contributed by atoms with Gasteiger partial charge in [-0.05, 0) is 12.8 Å². The van der Waals surface area contributed by atoms with Crippen LogP contribution in [0.5, 0.6) is 0 Å². The van der Waals surface area contributed by atoms with Crippen LogP contribution >= 0.6 is 7.82 Å². The number of hydrogen-bond acceptors (Lipinski definition) is 6. The summed E-state index contributed by atoms with van der Waals surface area (Å²) in [4.78, 5) is 25.4. The second-order valence-electron chi connectivity index (χ2n) is 18.5. The molecule has 1 amide bonds. The molecule has 0 aromatic carbocycles. The minimum Gasteiger partial charge on any atom is -0.756 e. The lowest BCUT2D eigenvalue weighted by Crippen LogP contribution is -2.46. The first-order valence-corrected chi connectivity index (χ1v) is 26.3. The summed E-state index contributed by atoms with van der Waals surface area (Å²) in [6.07, 6.45) is 45.3. The molecule has 0 rings (SSSR count). The van der Waals surface area contributed by atoms with Gasteiger partial charge in [0.15, 0.2) is 0 Å². The smallest absolute Gasteiger partial charge is 0.268 e. The number of nitrogens with one attached hydrogen (secondary N) is 1. The van der Waals surface area contributed by atoms with Gasteiger partial charge in [-0.15, -0.1) is 0 Å². The average Bonchev–Trinajstić information content (AvgIpc) is 3.16. The van der Waals surface area contributed by atoms with E-state index < -0.39 is 20.0 Å². The fourth-order valence-corrected chi connectivity index (χ4v) is 8.35. The standard InChI is InChI=1S/C48H99N2O6P/c1-6-8-10-12-14-16-18-20-22-23-24-25-26-28-30-32-34-36-38-40-42-48(52)49-46(45-56-57(53,54)55-44-43-50(3,4)5)47(51)41-39-37-35-33-31-29-27-21-19-17-15-13-11-9-7-2/h46-47,51H,6-45H2,1-5H3,(H-,49,52,53,54)/t46-,47+/m0/s1. The number of nitrogens with zero attached hydrogens (tertiary/aromatic N) is 1. The molecule has 0 bridgehead atoms. The Balaban J connectivity index is 4.22. The zero-order valence-corrected chi connectivity index (χ0v) is 39.7. The van der Waals surface area contributed by atoms with Crippen LogP contribution in [0.15, 0.2) is 0 Å². The van der Waals surface area contributed by atoms with Gasteiger partial charge in [0, 0.05) is 6.42 Å². The van der Waals surface area contributed by atoms with Crippen molar-refractivity contribution in [3.05, 3.63) is 0 Å². The summed E-state index contributed by atoms with van der Waals surface area (Å²) in [5.74, 6) is -0.159. The normalized spacial score (nSPS) is 14.2. The molecule has 0 aromatic rings. The minimum atomic E-state index is -4.56. The van der Waals surface area contributed by atoms with Gasteiger partial charge >= 0.3 is 0 Å². The monoisotopic (exact) mass is 831 g/mol. The number of aliphatic hydroxyl groups excluding tert-OH is 1. The number of carbonyl (C=O) groups excluding carboxylic acids is 1. The Morgan fingerprint density at radius 2 is 0.860 bits per heavy atom. The summed E-state index contributed by atoms with van der Waals surface area (Å²) in [7, 11) is 1.32. The first-order chi connectivity index (χ1) is 27.5. The van der Waals surface area contributed by atoms with E-state index in [1.165, 1.54) is 186 Å². The summed E-state index contributed by atoms with van der Waals surface area (Å²) in [5.41, 5.74) is 0. The van der Waals surface area contributed by atoms with E-state index in [2.05, 4.69) is 19.2 Å². The number of amides is 1. The van der Waals surface area contributed by atoms with Crippen molar-refractivity contribution in [2.24, 2.45) is 0 Å². The van der Waals surface area contributed by atoms with Crippen LogP contribution in [0.3, 0.4) is 0 Å². The summed E-state index contributed by atoms with van der Waals surface area (Å²) >= 11 is 0. The Hall–Kier alpha value is -0.500. The van der Waals surface area contributed by atoms with Crippen LogP contribution < -0.4 is 10.2 Å². The highest BCUT2D eigenvalue weighted by Gasteiger charge is 2.24. The molecule has 0 heterocycles. The van der Waals surface area contributed by atoms with Gasteiger partial charge in [0.05, 0.1) is 39.9 Å². The molecular formula is C48H99N2O6P. The quantitative estimate of drug-likeness (QED) is 0.0359. The van der Waals surface area contributed by atoms with Gasteiger partial charge in [-0.3, -0.25) is 9.36 Å². The van der Waals surface area contributed by atoms with E-state index in [0.29, 0.717) is 23.9 Å². The first-order valence-electron chi connectivity index (χ1n) is 24.9. The predicted molar refractivity (Wildman–Crippen MR) is 243 cm³/mol. The maximum atomic E-state index is 12.9. The molecule has 57 heavy (non-hydrogen) atoms. The molecule has 0 radical (unpaired) electrons. The third-order valence-corrected chi connectivity index (χ3v) is 12.6. The lowest BCUT2D eigenvalue weighted by Gasteiger charge is -2.30. The van der Waals surface area contributed by atoms with Crippen LogP contribution in [0.1, 0.15) is 251 Å². The van der Waals surface area contributed by atoms with Gasteiger partial charge in [-0.2, -0.15) is 0 Å². The fourth-order valence-electron chi connectivity index (χ4n) is 7.63. The van der Waals surface area contributed by atoms with Gasteiger partial charge < -0.3 is 28.8 Å². The Labute approximate surface area is 355 Å². The topological polar surface area (TPSA) is 108 Å². The van der Waals surface area contributed by atoms with E-state index in [-0.39, 0.29) is 19.1 Å². The molecule has 342 valence electrons. The summed E-state index contributed by atoms with van der Waals surface area (Å²) in [6.45, 7) is 4.76. The van der Waals surface area contributed by atoms with Crippen LogP contribution in [0, 0.1) is 0 Å². The maximum absolute atomic E-state index is 12.9. The molecule has 3 atom stereocenters. The van der Waals surface area contributed by atoms with Crippen molar-refractivity contribution < 1.29 is 32.9 Å². The maximum Gasteiger partial charge on any atom is 0.268 e. The molecule has 0 fully saturated rings. The molecule has 9 heteroatoms. The van der Waals surface area contributed by atoms with Crippen LogP contribution in [0.2, 0.25) is 0 Å². The number of phosphoric ester groups is 1. The van der Waals surface area contributed by atoms with Crippen LogP contribution in [-0.4, -0.2) is 68.5 Å². The number of phosphoric acid groups is 1. The molecule has 0 aliphatic carbocycles. The second kappa shape index (κ2) is 40.9. The largest absolute Gasteiger partial charge is 0.756 e. The van der Waals surface area contributed by atoms with Crippen LogP contribution in [0.4, 0.5) is 0 Å². The van der Waals surface area contributed by atoms with Crippen LogP contribution in [0.25, 0.3) is 0 Å². The van der Waals surface area contributed by atoms with Crippen molar-refractivity contribution in [1.29, 1.82) is 0 Å². The zero-order valence-electron chi connectivity index (χ0n) is 38.8. The Kier molecular flexibility index (Phi) is 40.5.